The van der Waals surface area contributed by atoms with Crippen molar-refractivity contribution in [2.45, 2.75) is 18.6 Å². The van der Waals surface area contributed by atoms with E-state index in [0.717, 1.165) is 0 Å². The summed E-state index contributed by atoms with van der Waals surface area (Å²) in [6, 6.07) is 1.37. The summed E-state index contributed by atoms with van der Waals surface area (Å²) >= 11 is 0. The molecule has 1 fully saturated rings. The van der Waals surface area contributed by atoms with Crippen LogP contribution >= 0.6 is 12.4 Å². The molecule has 4 N–H and O–H groups in total. The Labute approximate surface area is 122 Å². The van der Waals surface area contributed by atoms with E-state index < -0.39 is 11.6 Å². The molecule has 0 aliphatic carbocycles. The fourth-order valence-electron chi connectivity index (χ4n) is 1.97. The summed E-state index contributed by atoms with van der Waals surface area (Å²) in [6.07, 6.45) is 0.943. The maximum Gasteiger partial charge on any atom is 0.337 e. The Bertz CT molecular complexity index is 500. The molecule has 0 aromatic carbocycles. The lowest BCUT2D eigenvalue weighted by Crippen LogP contribution is -2.43. The number of ether oxygens (including phenoxy) is 2. The Hall–Kier alpha value is -1.57. The summed E-state index contributed by atoms with van der Waals surface area (Å²) in [4.78, 5) is 14.7. The molecule has 1 aromatic heterocycles. The highest BCUT2D eigenvalue weighted by Gasteiger charge is 2.41. The first-order valence-electron chi connectivity index (χ1n) is 5.87. The van der Waals surface area contributed by atoms with Crippen LogP contribution < -0.4 is 15.8 Å². The molecule has 0 spiro atoms. The van der Waals surface area contributed by atoms with E-state index in [9.17, 15) is 4.79 Å². The van der Waals surface area contributed by atoms with Gasteiger partial charge in [-0.05, 0) is 6.92 Å². The summed E-state index contributed by atoms with van der Waals surface area (Å²) in [7, 11) is 1.61. The zero-order chi connectivity index (χ0) is 14.0. The van der Waals surface area contributed by atoms with E-state index in [0.29, 0.717) is 13.1 Å². The number of carboxylic acids is 1. The summed E-state index contributed by atoms with van der Waals surface area (Å²) in [6.45, 7) is 3.17. The second-order valence-electron chi connectivity index (χ2n) is 4.67. The Balaban J connectivity index is 0.00000200. The van der Waals surface area contributed by atoms with Crippen LogP contribution in [0, 0.1) is 0 Å². The number of pyridine rings is 1. The van der Waals surface area contributed by atoms with Gasteiger partial charge in [0.15, 0.2) is 11.6 Å². The Morgan fingerprint density at radius 1 is 1.65 bits per heavy atom. The number of methoxy groups -OCH3 is 1. The molecular formula is C12H18ClN3O4. The highest BCUT2D eigenvalue weighted by Crippen LogP contribution is 2.27. The predicted molar refractivity (Wildman–Crippen MR) is 75.6 cm³/mol. The second-order valence-corrected chi connectivity index (χ2v) is 4.67. The van der Waals surface area contributed by atoms with Crippen molar-refractivity contribution >= 4 is 24.2 Å². The highest BCUT2D eigenvalue weighted by molar-refractivity contribution is 5.88. The van der Waals surface area contributed by atoms with Crippen LogP contribution in [0.4, 0.5) is 5.82 Å². The van der Waals surface area contributed by atoms with Crippen LogP contribution in [-0.4, -0.2) is 48.0 Å². The fraction of sp³-hybridized carbons (Fsp3) is 0.500. The monoisotopic (exact) mass is 303 g/mol. The molecule has 2 rings (SSSR count). The van der Waals surface area contributed by atoms with Gasteiger partial charge in [0.25, 0.3) is 0 Å². The minimum Gasteiger partial charge on any atom is -0.482 e. The van der Waals surface area contributed by atoms with E-state index in [2.05, 4.69) is 10.3 Å². The van der Waals surface area contributed by atoms with Gasteiger partial charge in [0, 0.05) is 32.5 Å². The largest absolute Gasteiger partial charge is 0.482 e. The average molecular weight is 304 g/mol. The molecular weight excluding hydrogens is 286 g/mol. The van der Waals surface area contributed by atoms with Crippen LogP contribution in [0.2, 0.25) is 0 Å². The first-order valence-corrected chi connectivity index (χ1v) is 5.87. The van der Waals surface area contributed by atoms with Crippen molar-refractivity contribution in [1.82, 2.24) is 10.3 Å². The van der Waals surface area contributed by atoms with E-state index in [-0.39, 0.29) is 35.6 Å². The lowest BCUT2D eigenvalue weighted by atomic mass is 10.0. The highest BCUT2D eigenvalue weighted by atomic mass is 35.5. The maximum atomic E-state index is 10.9. The minimum absolute atomic E-state index is 0. The Morgan fingerprint density at radius 3 is 2.95 bits per heavy atom. The fourth-order valence-corrected chi connectivity index (χ4v) is 1.97. The van der Waals surface area contributed by atoms with Crippen molar-refractivity contribution in [2.24, 2.45) is 0 Å². The number of hydrogen-bond donors (Lipinski definition) is 3. The van der Waals surface area contributed by atoms with E-state index in [1.165, 1.54) is 12.3 Å². The molecule has 2 unspecified atom stereocenters. The molecule has 2 heterocycles. The van der Waals surface area contributed by atoms with Gasteiger partial charge in [0.1, 0.15) is 11.7 Å². The Morgan fingerprint density at radius 2 is 2.35 bits per heavy atom. The van der Waals surface area contributed by atoms with Crippen molar-refractivity contribution in [3.05, 3.63) is 17.8 Å². The molecule has 8 heteroatoms. The molecule has 2 atom stereocenters. The number of nitrogens with zero attached hydrogens (tertiary/aromatic N) is 1. The summed E-state index contributed by atoms with van der Waals surface area (Å²) in [5.41, 5.74) is 5.26. The van der Waals surface area contributed by atoms with Crippen LogP contribution in [0.3, 0.4) is 0 Å². The SMILES string of the molecule is COC1(C)CNCC1Oc1cc(C(=O)O)cnc1N.Cl. The van der Waals surface area contributed by atoms with E-state index in [1.54, 1.807) is 7.11 Å². The summed E-state index contributed by atoms with van der Waals surface area (Å²) < 4.78 is 11.2. The van der Waals surface area contributed by atoms with Gasteiger partial charge in [0.2, 0.25) is 0 Å². The number of anilines is 1. The number of nitrogens with two attached hydrogens (primary N) is 1. The molecule has 0 radical (unpaired) electrons. The maximum absolute atomic E-state index is 10.9. The van der Waals surface area contributed by atoms with Crippen LogP contribution in [-0.2, 0) is 4.74 Å². The van der Waals surface area contributed by atoms with Crippen molar-refractivity contribution in [3.8, 4) is 5.75 Å². The molecule has 0 saturated carbocycles. The zero-order valence-corrected chi connectivity index (χ0v) is 12.1. The third kappa shape index (κ3) is 3.12. The number of carboxylic acid groups (broad SMARTS) is 1. The zero-order valence-electron chi connectivity index (χ0n) is 11.3. The van der Waals surface area contributed by atoms with Crippen LogP contribution in [0.5, 0.6) is 5.75 Å². The minimum atomic E-state index is -1.07. The molecule has 0 bridgehead atoms. The van der Waals surface area contributed by atoms with E-state index >= 15 is 0 Å². The van der Waals surface area contributed by atoms with Gasteiger partial charge in [-0.1, -0.05) is 0 Å². The number of carbonyl (C=O) groups is 1. The number of aromatic nitrogens is 1. The summed E-state index contributed by atoms with van der Waals surface area (Å²) in [5, 5.41) is 12.1. The first kappa shape index (κ1) is 16.5. The van der Waals surface area contributed by atoms with Crippen molar-refractivity contribution in [3.63, 3.8) is 0 Å². The second kappa shape index (κ2) is 6.25. The predicted octanol–water partition coefficient (Wildman–Crippen LogP) is 0.539. The number of nitrogen functional groups attached to an aromatic ring is 1. The van der Waals surface area contributed by atoms with Crippen LogP contribution in [0.15, 0.2) is 12.3 Å². The molecule has 1 saturated heterocycles. The lowest BCUT2D eigenvalue weighted by molar-refractivity contribution is -0.0468. The molecule has 0 amide bonds. The normalized spacial score (nSPS) is 25.0. The first-order chi connectivity index (χ1) is 8.96. The molecule has 112 valence electrons. The topological polar surface area (TPSA) is 107 Å². The number of aromatic carboxylic acids is 1. The third-order valence-electron chi connectivity index (χ3n) is 3.35. The average Bonchev–Trinajstić information content (AvgIpc) is 2.74. The van der Waals surface area contributed by atoms with Crippen molar-refractivity contribution in [1.29, 1.82) is 0 Å². The van der Waals surface area contributed by atoms with Gasteiger partial charge in [-0.2, -0.15) is 0 Å². The lowest BCUT2D eigenvalue weighted by Gasteiger charge is -2.29. The number of halogens is 1. The van der Waals surface area contributed by atoms with Crippen LogP contribution in [0.1, 0.15) is 17.3 Å². The Kier molecular flexibility index (Phi) is 5.15. The van der Waals surface area contributed by atoms with E-state index in [1.807, 2.05) is 6.92 Å². The van der Waals surface area contributed by atoms with Gasteiger partial charge < -0.3 is 25.6 Å². The molecule has 1 aliphatic heterocycles. The third-order valence-corrected chi connectivity index (χ3v) is 3.35. The smallest absolute Gasteiger partial charge is 0.337 e. The standard InChI is InChI=1S/C12H17N3O4.ClH/c1-12(18-2)6-14-5-9(12)19-8-3-7(11(16)17)4-15-10(8)13;/h3-4,9,14H,5-6H2,1-2H3,(H2,13,15)(H,16,17);1H. The molecule has 7 nitrogen and oxygen atoms in total. The van der Waals surface area contributed by atoms with Gasteiger partial charge in [0.05, 0.1) is 5.56 Å². The summed E-state index contributed by atoms with van der Waals surface area (Å²) in [5.74, 6) is -0.649. The van der Waals surface area contributed by atoms with Gasteiger partial charge in [-0.3, -0.25) is 0 Å². The van der Waals surface area contributed by atoms with Crippen LogP contribution in [0.25, 0.3) is 0 Å². The number of nitrogens with one attached hydrogen (secondary N) is 1. The van der Waals surface area contributed by atoms with Crippen molar-refractivity contribution < 1.29 is 19.4 Å². The van der Waals surface area contributed by atoms with Gasteiger partial charge in [-0.25, -0.2) is 9.78 Å². The molecule has 1 aliphatic rings. The van der Waals surface area contributed by atoms with Gasteiger partial charge >= 0.3 is 5.97 Å². The number of hydrogen-bond acceptors (Lipinski definition) is 6. The van der Waals surface area contributed by atoms with Crippen molar-refractivity contribution in [2.75, 3.05) is 25.9 Å². The van der Waals surface area contributed by atoms with Gasteiger partial charge in [-0.15, -0.1) is 12.4 Å². The molecule has 20 heavy (non-hydrogen) atoms. The quantitative estimate of drug-likeness (QED) is 0.745. The number of rotatable bonds is 4. The molecule has 1 aromatic rings. The van der Waals surface area contributed by atoms with E-state index in [4.69, 9.17) is 20.3 Å².